The van der Waals surface area contributed by atoms with Crippen molar-refractivity contribution in [3.63, 3.8) is 0 Å². The highest BCUT2D eigenvalue weighted by Gasteiger charge is 2.00. The Kier molecular flexibility index (Phi) is 1.55. The van der Waals surface area contributed by atoms with E-state index in [2.05, 4.69) is 4.98 Å². The van der Waals surface area contributed by atoms with E-state index < -0.39 is 0 Å². The molecule has 0 aliphatic rings. The first kappa shape index (κ1) is 7.79. The van der Waals surface area contributed by atoms with E-state index in [1.54, 1.807) is 22.8 Å². The Morgan fingerprint density at radius 3 is 3.00 bits per heavy atom. The molecule has 0 aliphatic carbocycles. The molecule has 0 unspecified atom stereocenters. The molecule has 0 bridgehead atoms. The van der Waals surface area contributed by atoms with Crippen LogP contribution in [0.2, 0.25) is 0 Å². The van der Waals surface area contributed by atoms with Crippen LogP contribution in [0.15, 0.2) is 29.3 Å². The normalized spacial score (nSPS) is 10.5. The van der Waals surface area contributed by atoms with Crippen molar-refractivity contribution in [1.29, 1.82) is 0 Å². The van der Waals surface area contributed by atoms with Gasteiger partial charge in [-0.1, -0.05) is 0 Å². The SMILES string of the molecule is Cn1cnc(=O)c2ccc(N)cc21. The average Bonchev–Trinajstić information content (AvgIpc) is 2.12. The van der Waals surface area contributed by atoms with Gasteiger partial charge in [-0.3, -0.25) is 4.79 Å². The number of hydrogen-bond acceptors (Lipinski definition) is 3. The summed E-state index contributed by atoms with van der Waals surface area (Å²) in [5, 5.41) is 0.596. The molecule has 0 saturated heterocycles. The molecule has 4 heteroatoms. The van der Waals surface area contributed by atoms with Gasteiger partial charge in [0, 0.05) is 12.7 Å². The van der Waals surface area contributed by atoms with Crippen molar-refractivity contribution in [2.75, 3.05) is 5.73 Å². The maximum atomic E-state index is 11.3. The van der Waals surface area contributed by atoms with Crippen molar-refractivity contribution >= 4 is 16.6 Å². The molecule has 1 heterocycles. The lowest BCUT2D eigenvalue weighted by atomic mass is 10.2. The summed E-state index contributed by atoms with van der Waals surface area (Å²) in [6.07, 6.45) is 1.49. The molecular formula is C9H9N3O. The van der Waals surface area contributed by atoms with Gasteiger partial charge in [-0.05, 0) is 18.2 Å². The van der Waals surface area contributed by atoms with Crippen molar-refractivity contribution in [2.45, 2.75) is 0 Å². The maximum Gasteiger partial charge on any atom is 0.280 e. The lowest BCUT2D eigenvalue weighted by molar-refractivity contribution is 0.901. The summed E-state index contributed by atoms with van der Waals surface area (Å²) >= 11 is 0. The molecule has 66 valence electrons. The largest absolute Gasteiger partial charge is 0.399 e. The van der Waals surface area contributed by atoms with E-state index in [-0.39, 0.29) is 5.56 Å². The van der Waals surface area contributed by atoms with Gasteiger partial charge < -0.3 is 10.3 Å². The second-order valence-corrected chi connectivity index (χ2v) is 2.94. The highest BCUT2D eigenvalue weighted by molar-refractivity contribution is 5.81. The van der Waals surface area contributed by atoms with Gasteiger partial charge in [-0.25, -0.2) is 0 Å². The third-order valence-electron chi connectivity index (χ3n) is 1.98. The van der Waals surface area contributed by atoms with Crippen molar-refractivity contribution in [2.24, 2.45) is 7.05 Å². The van der Waals surface area contributed by atoms with Crippen molar-refractivity contribution in [3.05, 3.63) is 34.9 Å². The first-order valence-corrected chi connectivity index (χ1v) is 3.89. The van der Waals surface area contributed by atoms with E-state index in [4.69, 9.17) is 5.73 Å². The van der Waals surface area contributed by atoms with E-state index >= 15 is 0 Å². The van der Waals surface area contributed by atoms with Crippen LogP contribution in [0.4, 0.5) is 5.69 Å². The predicted octanol–water partition coefficient (Wildman–Crippen LogP) is 0.516. The molecule has 2 aromatic rings. The van der Waals surface area contributed by atoms with Crippen LogP contribution in [-0.2, 0) is 7.05 Å². The topological polar surface area (TPSA) is 60.9 Å². The average molecular weight is 175 g/mol. The molecule has 1 aromatic carbocycles. The summed E-state index contributed by atoms with van der Waals surface area (Å²) in [7, 11) is 1.83. The molecule has 0 radical (unpaired) electrons. The van der Waals surface area contributed by atoms with Crippen LogP contribution in [0.3, 0.4) is 0 Å². The molecule has 0 atom stereocenters. The van der Waals surface area contributed by atoms with E-state index in [9.17, 15) is 4.79 Å². The van der Waals surface area contributed by atoms with Crippen LogP contribution in [0, 0.1) is 0 Å². The minimum absolute atomic E-state index is 0.215. The number of rotatable bonds is 0. The second kappa shape index (κ2) is 2.58. The van der Waals surface area contributed by atoms with Gasteiger partial charge in [0.1, 0.15) is 0 Å². The summed E-state index contributed by atoms with van der Waals surface area (Å²) in [6.45, 7) is 0. The van der Waals surface area contributed by atoms with E-state index in [0.717, 1.165) is 5.52 Å². The molecule has 4 nitrogen and oxygen atoms in total. The number of nitrogens with two attached hydrogens (primary N) is 1. The fraction of sp³-hybridized carbons (Fsp3) is 0.111. The van der Waals surface area contributed by atoms with Crippen LogP contribution in [0.1, 0.15) is 0 Å². The molecule has 0 amide bonds. The van der Waals surface area contributed by atoms with Gasteiger partial charge in [0.05, 0.1) is 17.2 Å². The summed E-state index contributed by atoms with van der Waals surface area (Å²) < 4.78 is 1.77. The highest BCUT2D eigenvalue weighted by Crippen LogP contribution is 2.11. The summed E-state index contributed by atoms with van der Waals surface area (Å²) in [5.41, 5.74) is 6.84. The minimum atomic E-state index is -0.215. The van der Waals surface area contributed by atoms with Crippen LogP contribution in [0.5, 0.6) is 0 Å². The van der Waals surface area contributed by atoms with E-state index in [1.165, 1.54) is 6.33 Å². The Morgan fingerprint density at radius 1 is 1.46 bits per heavy atom. The molecule has 0 spiro atoms. The zero-order valence-corrected chi connectivity index (χ0v) is 7.19. The third-order valence-corrected chi connectivity index (χ3v) is 1.98. The van der Waals surface area contributed by atoms with E-state index in [0.29, 0.717) is 11.1 Å². The Bertz CT molecular complexity index is 516. The zero-order chi connectivity index (χ0) is 9.42. The Morgan fingerprint density at radius 2 is 2.23 bits per heavy atom. The lowest BCUT2D eigenvalue weighted by Crippen LogP contribution is -2.10. The molecule has 0 fully saturated rings. The van der Waals surface area contributed by atoms with Gasteiger partial charge in [0.2, 0.25) is 0 Å². The zero-order valence-electron chi connectivity index (χ0n) is 7.19. The Balaban J connectivity index is 3.01. The number of nitrogen functional groups attached to an aromatic ring is 1. The second-order valence-electron chi connectivity index (χ2n) is 2.94. The van der Waals surface area contributed by atoms with Gasteiger partial charge in [0.25, 0.3) is 5.56 Å². The van der Waals surface area contributed by atoms with Crippen molar-refractivity contribution in [3.8, 4) is 0 Å². The van der Waals surface area contributed by atoms with Gasteiger partial charge in [-0.2, -0.15) is 4.98 Å². The molecule has 0 aliphatic heterocycles. The summed E-state index contributed by atoms with van der Waals surface area (Å²) in [4.78, 5) is 15.0. The third kappa shape index (κ3) is 1.16. The Hall–Kier alpha value is -1.84. The molecule has 13 heavy (non-hydrogen) atoms. The van der Waals surface area contributed by atoms with Gasteiger partial charge in [-0.15, -0.1) is 0 Å². The number of benzene rings is 1. The van der Waals surface area contributed by atoms with Crippen molar-refractivity contribution in [1.82, 2.24) is 9.55 Å². The van der Waals surface area contributed by atoms with Crippen LogP contribution < -0.4 is 11.3 Å². The number of nitrogens with zero attached hydrogens (tertiary/aromatic N) is 2. The van der Waals surface area contributed by atoms with Gasteiger partial charge >= 0.3 is 0 Å². The standard InChI is InChI=1S/C9H9N3O/c1-12-5-11-9(13)7-3-2-6(10)4-8(7)12/h2-5H,10H2,1H3. The molecular weight excluding hydrogens is 166 g/mol. The maximum absolute atomic E-state index is 11.3. The summed E-state index contributed by atoms with van der Waals surface area (Å²) in [6, 6.07) is 5.16. The highest BCUT2D eigenvalue weighted by atomic mass is 16.1. The van der Waals surface area contributed by atoms with E-state index in [1.807, 2.05) is 7.05 Å². The number of anilines is 1. The van der Waals surface area contributed by atoms with Crippen molar-refractivity contribution < 1.29 is 0 Å². The lowest BCUT2D eigenvalue weighted by Gasteiger charge is -2.03. The number of fused-ring (bicyclic) bond motifs is 1. The fourth-order valence-electron chi connectivity index (χ4n) is 1.29. The first-order chi connectivity index (χ1) is 6.18. The number of aryl methyl sites for hydroxylation is 1. The smallest absolute Gasteiger partial charge is 0.280 e. The number of aromatic nitrogens is 2. The Labute approximate surface area is 74.6 Å². The number of hydrogen-bond donors (Lipinski definition) is 1. The fourth-order valence-corrected chi connectivity index (χ4v) is 1.29. The monoisotopic (exact) mass is 175 g/mol. The molecule has 1 aromatic heterocycles. The minimum Gasteiger partial charge on any atom is -0.399 e. The first-order valence-electron chi connectivity index (χ1n) is 3.89. The van der Waals surface area contributed by atoms with Crippen LogP contribution in [-0.4, -0.2) is 9.55 Å². The van der Waals surface area contributed by atoms with Gasteiger partial charge in [0.15, 0.2) is 0 Å². The van der Waals surface area contributed by atoms with Crippen LogP contribution >= 0.6 is 0 Å². The summed E-state index contributed by atoms with van der Waals surface area (Å²) in [5.74, 6) is 0. The van der Waals surface area contributed by atoms with Crippen LogP contribution in [0.25, 0.3) is 10.9 Å². The molecule has 2 N–H and O–H groups in total. The quantitative estimate of drug-likeness (QED) is 0.593. The predicted molar refractivity (Wildman–Crippen MR) is 51.4 cm³/mol. The molecule has 0 saturated carbocycles. The molecule has 2 rings (SSSR count).